The molecule has 0 aromatic carbocycles. The van der Waals surface area contributed by atoms with Crippen molar-refractivity contribution in [3.63, 3.8) is 0 Å². The highest BCUT2D eigenvalue weighted by molar-refractivity contribution is 5.81. The van der Waals surface area contributed by atoms with E-state index in [-0.39, 0.29) is 19.1 Å². The monoisotopic (exact) mass is 232 g/mol. The molecule has 0 aliphatic rings. The van der Waals surface area contributed by atoms with Gasteiger partial charge in [-0.3, -0.25) is 4.79 Å². The lowest BCUT2D eigenvalue weighted by molar-refractivity contribution is -0.133. The second-order valence-electron chi connectivity index (χ2n) is 4.56. The van der Waals surface area contributed by atoms with E-state index < -0.39 is 12.1 Å². The summed E-state index contributed by atoms with van der Waals surface area (Å²) in [6.45, 7) is 4.51. The quantitative estimate of drug-likeness (QED) is 0.639. The van der Waals surface area contributed by atoms with Gasteiger partial charge in [-0.15, -0.1) is 0 Å². The maximum absolute atomic E-state index is 11.8. The number of likely N-dealkylation sites (N-methyl/N-ethyl adjacent to an activating group) is 1. The molecule has 2 unspecified atom stereocenters. The Balaban J connectivity index is 4.06. The fourth-order valence-electron chi connectivity index (χ4n) is 1.54. The highest BCUT2D eigenvalue weighted by atomic mass is 16.5. The average molecular weight is 232 g/mol. The molecule has 0 bridgehead atoms. The van der Waals surface area contributed by atoms with Crippen LogP contribution in [0.25, 0.3) is 0 Å². The number of nitrogens with two attached hydrogens (primary N) is 1. The van der Waals surface area contributed by atoms with Gasteiger partial charge in [-0.2, -0.15) is 0 Å². The zero-order valence-electron chi connectivity index (χ0n) is 10.6. The summed E-state index contributed by atoms with van der Waals surface area (Å²) in [4.78, 5) is 13.2. The van der Waals surface area contributed by atoms with E-state index in [4.69, 9.17) is 10.5 Å². The minimum Gasteiger partial charge on any atom is -0.389 e. The lowest BCUT2D eigenvalue weighted by Gasteiger charge is -2.24. The molecule has 3 N–H and O–H groups in total. The number of hydrogen-bond donors (Lipinski definition) is 2. The molecule has 0 aromatic heterocycles. The van der Waals surface area contributed by atoms with Gasteiger partial charge in [-0.25, -0.2) is 0 Å². The molecule has 2 atom stereocenters. The van der Waals surface area contributed by atoms with Crippen LogP contribution in [0.4, 0.5) is 0 Å². The van der Waals surface area contributed by atoms with Gasteiger partial charge in [0, 0.05) is 20.7 Å². The van der Waals surface area contributed by atoms with Crippen LogP contribution < -0.4 is 5.73 Å². The molecule has 0 saturated heterocycles. The van der Waals surface area contributed by atoms with Gasteiger partial charge in [-0.1, -0.05) is 13.8 Å². The third-order valence-corrected chi connectivity index (χ3v) is 2.26. The number of ether oxygens (including phenoxy) is 1. The molecule has 0 spiro atoms. The van der Waals surface area contributed by atoms with Crippen molar-refractivity contribution in [1.82, 2.24) is 4.90 Å². The predicted octanol–water partition coefficient (Wildman–Crippen LogP) is -0.174. The van der Waals surface area contributed by atoms with Gasteiger partial charge in [0.15, 0.2) is 0 Å². The smallest absolute Gasteiger partial charge is 0.239 e. The third-order valence-electron chi connectivity index (χ3n) is 2.26. The Bertz CT molecular complexity index is 209. The van der Waals surface area contributed by atoms with E-state index in [1.807, 2.05) is 13.8 Å². The van der Waals surface area contributed by atoms with E-state index in [2.05, 4.69) is 0 Å². The number of aliphatic hydroxyl groups excluding tert-OH is 1. The molecular formula is C11H24N2O3. The molecule has 1 amide bonds. The lowest BCUT2D eigenvalue weighted by Crippen LogP contribution is -2.45. The first kappa shape index (κ1) is 15.3. The van der Waals surface area contributed by atoms with Crippen LogP contribution in [-0.2, 0) is 9.53 Å². The van der Waals surface area contributed by atoms with Crippen LogP contribution in [0.3, 0.4) is 0 Å². The fraction of sp³-hybridized carbons (Fsp3) is 0.909. The highest BCUT2D eigenvalue weighted by Crippen LogP contribution is 2.05. The Morgan fingerprint density at radius 1 is 1.50 bits per heavy atom. The van der Waals surface area contributed by atoms with Crippen LogP contribution >= 0.6 is 0 Å². The first-order valence-electron chi connectivity index (χ1n) is 5.56. The first-order valence-corrected chi connectivity index (χ1v) is 5.56. The summed E-state index contributed by atoms with van der Waals surface area (Å²) in [6, 6.07) is -0.486. The zero-order chi connectivity index (χ0) is 12.7. The SMILES string of the molecule is COCC(O)CN(C)C(=O)C(N)CC(C)C. The van der Waals surface area contributed by atoms with E-state index in [0.717, 1.165) is 0 Å². The Labute approximate surface area is 97.6 Å². The summed E-state index contributed by atoms with van der Waals surface area (Å²) >= 11 is 0. The molecule has 0 aliphatic carbocycles. The molecule has 5 nitrogen and oxygen atoms in total. The molecule has 96 valence electrons. The van der Waals surface area contributed by atoms with Crippen LogP contribution in [0.1, 0.15) is 20.3 Å². The molecule has 0 fully saturated rings. The summed E-state index contributed by atoms with van der Waals surface area (Å²) < 4.78 is 4.79. The van der Waals surface area contributed by atoms with E-state index >= 15 is 0 Å². The normalized spacial score (nSPS) is 14.9. The van der Waals surface area contributed by atoms with Crippen LogP contribution in [0, 0.1) is 5.92 Å². The van der Waals surface area contributed by atoms with Gasteiger partial charge < -0.3 is 20.5 Å². The predicted molar refractivity (Wildman–Crippen MR) is 63.0 cm³/mol. The number of carbonyl (C=O) groups excluding carboxylic acids is 1. The van der Waals surface area contributed by atoms with Crippen molar-refractivity contribution in [2.45, 2.75) is 32.4 Å². The molecular weight excluding hydrogens is 208 g/mol. The van der Waals surface area contributed by atoms with Crippen molar-refractivity contribution < 1.29 is 14.6 Å². The molecule has 0 heterocycles. The molecule has 16 heavy (non-hydrogen) atoms. The van der Waals surface area contributed by atoms with Gasteiger partial charge in [-0.05, 0) is 12.3 Å². The molecule has 0 saturated carbocycles. The van der Waals surface area contributed by atoms with Crippen molar-refractivity contribution in [3.05, 3.63) is 0 Å². The van der Waals surface area contributed by atoms with E-state index in [9.17, 15) is 9.90 Å². The maximum Gasteiger partial charge on any atom is 0.239 e. The second kappa shape index (κ2) is 7.60. The van der Waals surface area contributed by atoms with Crippen LogP contribution in [0.2, 0.25) is 0 Å². The molecule has 5 heteroatoms. The summed E-state index contributed by atoms with van der Waals surface area (Å²) in [6.07, 6.45) is -0.00556. The van der Waals surface area contributed by atoms with Gasteiger partial charge >= 0.3 is 0 Å². The number of methoxy groups -OCH3 is 1. The number of amides is 1. The van der Waals surface area contributed by atoms with Crippen molar-refractivity contribution in [2.24, 2.45) is 11.7 Å². The lowest BCUT2D eigenvalue weighted by atomic mass is 10.0. The van der Waals surface area contributed by atoms with Gasteiger partial charge in [0.2, 0.25) is 5.91 Å². The maximum atomic E-state index is 11.8. The second-order valence-corrected chi connectivity index (χ2v) is 4.56. The third kappa shape index (κ3) is 6.05. The number of aliphatic hydroxyl groups is 1. The first-order chi connectivity index (χ1) is 7.38. The minimum atomic E-state index is -0.662. The number of nitrogens with zero attached hydrogens (tertiary/aromatic N) is 1. The Morgan fingerprint density at radius 3 is 2.50 bits per heavy atom. The summed E-state index contributed by atoms with van der Waals surface area (Å²) in [5.74, 6) is 0.250. The Hall–Kier alpha value is -0.650. The van der Waals surface area contributed by atoms with E-state index in [1.165, 1.54) is 12.0 Å². The van der Waals surface area contributed by atoms with Crippen LogP contribution in [-0.4, -0.2) is 55.4 Å². The fourth-order valence-corrected chi connectivity index (χ4v) is 1.54. The number of carbonyl (C=O) groups is 1. The van der Waals surface area contributed by atoms with Crippen LogP contribution in [0.15, 0.2) is 0 Å². The average Bonchev–Trinajstić information content (AvgIpc) is 2.15. The van der Waals surface area contributed by atoms with Crippen molar-refractivity contribution in [2.75, 3.05) is 27.3 Å². The summed E-state index contributed by atoms with van der Waals surface area (Å²) in [5.41, 5.74) is 5.76. The van der Waals surface area contributed by atoms with Crippen LogP contribution in [0.5, 0.6) is 0 Å². The van der Waals surface area contributed by atoms with E-state index in [1.54, 1.807) is 7.05 Å². The van der Waals surface area contributed by atoms with Gasteiger partial charge in [0.25, 0.3) is 0 Å². The highest BCUT2D eigenvalue weighted by Gasteiger charge is 2.20. The molecule has 0 radical (unpaired) electrons. The Morgan fingerprint density at radius 2 is 2.06 bits per heavy atom. The largest absolute Gasteiger partial charge is 0.389 e. The number of rotatable bonds is 7. The molecule has 0 rings (SSSR count). The van der Waals surface area contributed by atoms with Crippen molar-refractivity contribution in [3.8, 4) is 0 Å². The van der Waals surface area contributed by atoms with E-state index in [0.29, 0.717) is 12.3 Å². The van der Waals surface area contributed by atoms with Crippen molar-refractivity contribution in [1.29, 1.82) is 0 Å². The van der Waals surface area contributed by atoms with Crippen molar-refractivity contribution >= 4 is 5.91 Å². The van der Waals surface area contributed by atoms with Gasteiger partial charge in [0.1, 0.15) is 0 Å². The Kier molecular flexibility index (Phi) is 7.29. The minimum absolute atomic E-state index is 0.135. The standard InChI is InChI=1S/C11H24N2O3/c1-8(2)5-10(12)11(15)13(3)6-9(14)7-16-4/h8-10,14H,5-7,12H2,1-4H3. The summed E-state index contributed by atoms with van der Waals surface area (Å²) in [7, 11) is 3.15. The topological polar surface area (TPSA) is 75.8 Å². The summed E-state index contributed by atoms with van der Waals surface area (Å²) in [5, 5.41) is 9.47. The number of hydrogen-bond acceptors (Lipinski definition) is 4. The van der Waals surface area contributed by atoms with Gasteiger partial charge in [0.05, 0.1) is 18.8 Å². The molecule has 0 aliphatic heterocycles. The molecule has 0 aromatic rings. The zero-order valence-corrected chi connectivity index (χ0v) is 10.6.